The maximum atomic E-state index is 13.1. The first kappa shape index (κ1) is 20.6. The minimum Gasteiger partial charge on any atom is -0.465 e. The molecular weight excluding hydrogens is 400 g/mol. The Balaban J connectivity index is 1.13. The average Bonchev–Trinajstić information content (AvgIpc) is 2.86. The summed E-state index contributed by atoms with van der Waals surface area (Å²) < 4.78 is 11.7. The first-order valence-electron chi connectivity index (χ1n) is 11.3. The molecule has 0 aromatic heterocycles. The molecule has 0 spiro atoms. The van der Waals surface area contributed by atoms with Gasteiger partial charge in [0, 0.05) is 49.5 Å². The molecule has 0 unspecified atom stereocenters. The summed E-state index contributed by atoms with van der Waals surface area (Å²) >= 11 is 0. The first-order chi connectivity index (χ1) is 15.8. The zero-order valence-electron chi connectivity index (χ0n) is 18.2. The number of esters is 1. The summed E-state index contributed by atoms with van der Waals surface area (Å²) in [6, 6.07) is 26.0. The number of carbonyl (C=O) groups is 1. The van der Waals surface area contributed by atoms with Crippen molar-refractivity contribution in [3.8, 4) is 11.5 Å². The van der Waals surface area contributed by atoms with E-state index in [1.54, 1.807) is 0 Å². The van der Waals surface area contributed by atoms with Crippen molar-refractivity contribution in [3.05, 3.63) is 90.0 Å². The summed E-state index contributed by atoms with van der Waals surface area (Å²) in [6.45, 7) is 5.49. The molecular formula is C27H28N2O3. The van der Waals surface area contributed by atoms with E-state index in [9.17, 15) is 4.79 Å². The van der Waals surface area contributed by atoms with Crippen molar-refractivity contribution in [2.75, 3.05) is 44.2 Å². The fraction of sp³-hybridized carbons (Fsp3) is 0.296. The van der Waals surface area contributed by atoms with Crippen molar-refractivity contribution >= 4 is 11.7 Å². The molecule has 5 heteroatoms. The Labute approximate surface area is 189 Å². The molecule has 0 saturated carbocycles. The zero-order valence-corrected chi connectivity index (χ0v) is 18.2. The third kappa shape index (κ3) is 4.34. The Hall–Kier alpha value is -3.31. The number of rotatable bonds is 6. The van der Waals surface area contributed by atoms with Gasteiger partial charge in [-0.15, -0.1) is 0 Å². The van der Waals surface area contributed by atoms with Crippen LogP contribution in [0, 0.1) is 0 Å². The third-order valence-corrected chi connectivity index (χ3v) is 6.27. The van der Waals surface area contributed by atoms with Gasteiger partial charge in [-0.1, -0.05) is 54.6 Å². The topological polar surface area (TPSA) is 42.0 Å². The number of ether oxygens (including phenoxy) is 2. The molecule has 3 aromatic rings. The number of anilines is 1. The quantitative estimate of drug-likeness (QED) is 0.421. The Morgan fingerprint density at radius 2 is 1.41 bits per heavy atom. The number of para-hydroxylation sites is 3. The highest BCUT2D eigenvalue weighted by Crippen LogP contribution is 2.44. The number of hydrogen-bond acceptors (Lipinski definition) is 5. The lowest BCUT2D eigenvalue weighted by Gasteiger charge is -2.36. The predicted molar refractivity (Wildman–Crippen MR) is 125 cm³/mol. The maximum absolute atomic E-state index is 13.1. The molecule has 0 amide bonds. The van der Waals surface area contributed by atoms with Gasteiger partial charge >= 0.3 is 5.97 Å². The Bertz CT molecular complexity index is 1020. The second-order valence-electron chi connectivity index (χ2n) is 8.30. The number of nitrogens with zero attached hydrogens (tertiary/aromatic N) is 2. The standard InChI is InChI=1S/C27H28N2O3/c30-27(26-22-11-4-6-13-24(22)32-25-14-7-5-12-23(25)26)31-20-8-15-28-16-18-29(19-17-28)21-9-2-1-3-10-21/h1-7,9-14,26H,8,15-20H2. The van der Waals surface area contributed by atoms with E-state index in [1.165, 1.54) is 5.69 Å². The van der Waals surface area contributed by atoms with Gasteiger partial charge in [0.05, 0.1) is 6.61 Å². The molecule has 2 heterocycles. The Morgan fingerprint density at radius 3 is 2.06 bits per heavy atom. The van der Waals surface area contributed by atoms with Crippen LogP contribution in [0.1, 0.15) is 23.5 Å². The van der Waals surface area contributed by atoms with Gasteiger partial charge in [0.1, 0.15) is 17.4 Å². The van der Waals surface area contributed by atoms with Gasteiger partial charge in [-0.05, 0) is 30.7 Å². The van der Waals surface area contributed by atoms with E-state index in [0.717, 1.165) is 61.8 Å². The SMILES string of the molecule is O=C(OCCCN1CCN(c2ccccc2)CC1)C1c2ccccc2Oc2ccccc21. The highest BCUT2D eigenvalue weighted by molar-refractivity contribution is 5.85. The lowest BCUT2D eigenvalue weighted by molar-refractivity contribution is -0.144. The van der Waals surface area contributed by atoms with Crippen molar-refractivity contribution < 1.29 is 14.3 Å². The van der Waals surface area contributed by atoms with Crippen LogP contribution in [0.2, 0.25) is 0 Å². The van der Waals surface area contributed by atoms with Crippen LogP contribution in [-0.4, -0.2) is 50.2 Å². The largest absolute Gasteiger partial charge is 0.465 e. The van der Waals surface area contributed by atoms with E-state index in [0.29, 0.717) is 6.61 Å². The van der Waals surface area contributed by atoms with E-state index in [1.807, 2.05) is 48.5 Å². The van der Waals surface area contributed by atoms with E-state index in [2.05, 4.69) is 40.1 Å². The maximum Gasteiger partial charge on any atom is 0.318 e. The molecule has 0 aliphatic carbocycles. The van der Waals surface area contributed by atoms with Gasteiger partial charge in [0.25, 0.3) is 0 Å². The van der Waals surface area contributed by atoms with E-state index >= 15 is 0 Å². The zero-order chi connectivity index (χ0) is 21.8. The summed E-state index contributed by atoms with van der Waals surface area (Å²) in [6.07, 6.45) is 0.837. The fourth-order valence-corrected chi connectivity index (χ4v) is 4.58. The van der Waals surface area contributed by atoms with E-state index < -0.39 is 5.92 Å². The number of carbonyl (C=O) groups excluding carboxylic acids is 1. The summed E-state index contributed by atoms with van der Waals surface area (Å²) in [5.74, 6) is 0.807. The molecule has 0 atom stereocenters. The fourth-order valence-electron chi connectivity index (χ4n) is 4.58. The molecule has 5 nitrogen and oxygen atoms in total. The highest BCUT2D eigenvalue weighted by atomic mass is 16.5. The molecule has 0 N–H and O–H groups in total. The number of fused-ring (bicyclic) bond motifs is 2. The smallest absolute Gasteiger partial charge is 0.318 e. The van der Waals surface area contributed by atoms with Crippen LogP contribution in [-0.2, 0) is 9.53 Å². The number of benzene rings is 3. The van der Waals surface area contributed by atoms with Crippen LogP contribution in [0.4, 0.5) is 5.69 Å². The lowest BCUT2D eigenvalue weighted by atomic mass is 9.88. The molecule has 32 heavy (non-hydrogen) atoms. The van der Waals surface area contributed by atoms with Gasteiger partial charge in [-0.2, -0.15) is 0 Å². The normalized spacial score (nSPS) is 16.1. The van der Waals surface area contributed by atoms with Crippen molar-refractivity contribution in [2.45, 2.75) is 12.3 Å². The lowest BCUT2D eigenvalue weighted by Crippen LogP contribution is -2.46. The van der Waals surface area contributed by atoms with Gasteiger partial charge < -0.3 is 14.4 Å². The van der Waals surface area contributed by atoms with Gasteiger partial charge in [-0.3, -0.25) is 9.69 Å². The van der Waals surface area contributed by atoms with Crippen LogP contribution in [0.15, 0.2) is 78.9 Å². The van der Waals surface area contributed by atoms with Crippen LogP contribution in [0.3, 0.4) is 0 Å². The van der Waals surface area contributed by atoms with Gasteiger partial charge in [0.15, 0.2) is 0 Å². The second kappa shape index (κ2) is 9.45. The summed E-state index contributed by atoms with van der Waals surface area (Å²) in [4.78, 5) is 18.0. The predicted octanol–water partition coefficient (Wildman–Crippen LogP) is 4.68. The molecule has 0 radical (unpaired) electrons. The van der Waals surface area contributed by atoms with Gasteiger partial charge in [0.2, 0.25) is 0 Å². The number of hydrogen-bond donors (Lipinski definition) is 0. The molecule has 1 fully saturated rings. The Kier molecular flexibility index (Phi) is 6.08. The van der Waals surface area contributed by atoms with Crippen molar-refractivity contribution in [1.29, 1.82) is 0 Å². The average molecular weight is 429 g/mol. The summed E-state index contributed by atoms with van der Waals surface area (Å²) in [7, 11) is 0. The van der Waals surface area contributed by atoms with Crippen LogP contribution in [0.5, 0.6) is 11.5 Å². The minimum atomic E-state index is -0.439. The molecule has 5 rings (SSSR count). The Morgan fingerprint density at radius 1 is 0.812 bits per heavy atom. The van der Waals surface area contributed by atoms with Crippen LogP contribution >= 0.6 is 0 Å². The molecule has 2 aliphatic rings. The second-order valence-corrected chi connectivity index (χ2v) is 8.30. The first-order valence-corrected chi connectivity index (χ1v) is 11.3. The molecule has 2 aliphatic heterocycles. The van der Waals surface area contributed by atoms with Crippen LogP contribution in [0.25, 0.3) is 0 Å². The molecule has 1 saturated heterocycles. The van der Waals surface area contributed by atoms with E-state index in [-0.39, 0.29) is 5.97 Å². The van der Waals surface area contributed by atoms with Crippen LogP contribution < -0.4 is 9.64 Å². The molecule has 0 bridgehead atoms. The van der Waals surface area contributed by atoms with Gasteiger partial charge in [-0.25, -0.2) is 0 Å². The van der Waals surface area contributed by atoms with Crippen molar-refractivity contribution in [3.63, 3.8) is 0 Å². The summed E-state index contributed by atoms with van der Waals surface area (Å²) in [5, 5.41) is 0. The summed E-state index contributed by atoms with van der Waals surface area (Å²) in [5.41, 5.74) is 3.03. The molecule has 164 valence electrons. The van der Waals surface area contributed by atoms with Crippen molar-refractivity contribution in [1.82, 2.24) is 4.90 Å². The minimum absolute atomic E-state index is 0.206. The molecule has 3 aromatic carbocycles. The van der Waals surface area contributed by atoms with E-state index in [4.69, 9.17) is 9.47 Å². The monoisotopic (exact) mass is 428 g/mol. The number of piperazine rings is 1. The highest BCUT2D eigenvalue weighted by Gasteiger charge is 2.33. The van der Waals surface area contributed by atoms with Crippen molar-refractivity contribution in [2.24, 2.45) is 0 Å². The third-order valence-electron chi connectivity index (χ3n) is 6.27.